The first-order valence-corrected chi connectivity index (χ1v) is 10.1. The molecule has 8 heteroatoms. The number of carbonyl (C=O) groups excluding carboxylic acids is 2. The van der Waals surface area contributed by atoms with Gasteiger partial charge in [0.2, 0.25) is 0 Å². The van der Waals surface area contributed by atoms with E-state index in [1.165, 1.54) is 20.4 Å². The van der Waals surface area contributed by atoms with Crippen LogP contribution < -0.4 is 25.0 Å². The number of carbonyl (C=O) groups is 2. The molecule has 0 radical (unpaired) electrons. The molecule has 3 aromatic carbocycles. The maximum atomic E-state index is 12.2. The highest BCUT2D eigenvalue weighted by Crippen LogP contribution is 2.28. The summed E-state index contributed by atoms with van der Waals surface area (Å²) < 4.78 is 16.2. The molecular weight excluding hydrogens is 422 g/mol. The van der Waals surface area contributed by atoms with Gasteiger partial charge in [-0.3, -0.25) is 9.59 Å². The Kier molecular flexibility index (Phi) is 8.02. The lowest BCUT2D eigenvalue weighted by molar-refractivity contribution is -0.136. The number of hydrogen-bond donors (Lipinski definition) is 2. The van der Waals surface area contributed by atoms with Gasteiger partial charge in [0.1, 0.15) is 23.9 Å². The molecule has 0 aliphatic heterocycles. The van der Waals surface area contributed by atoms with E-state index in [1.807, 2.05) is 43.3 Å². The number of benzene rings is 3. The van der Waals surface area contributed by atoms with Gasteiger partial charge in [0.15, 0.2) is 0 Å². The van der Waals surface area contributed by atoms with Crippen LogP contribution >= 0.6 is 0 Å². The summed E-state index contributed by atoms with van der Waals surface area (Å²) in [7, 11) is 2.96. The van der Waals surface area contributed by atoms with Crippen molar-refractivity contribution in [1.82, 2.24) is 5.43 Å². The average Bonchev–Trinajstić information content (AvgIpc) is 2.83. The molecule has 170 valence electrons. The van der Waals surface area contributed by atoms with Gasteiger partial charge in [-0.15, -0.1) is 0 Å². The van der Waals surface area contributed by atoms with Gasteiger partial charge in [-0.2, -0.15) is 5.10 Å². The number of hydrazone groups is 1. The molecule has 3 rings (SSSR count). The first-order chi connectivity index (χ1) is 16.0. The van der Waals surface area contributed by atoms with Crippen LogP contribution in [0, 0.1) is 6.92 Å². The van der Waals surface area contributed by atoms with Gasteiger partial charge >= 0.3 is 11.8 Å². The first kappa shape index (κ1) is 23.3. The minimum absolute atomic E-state index is 0.305. The summed E-state index contributed by atoms with van der Waals surface area (Å²) in [6.45, 7) is 2.48. The molecule has 0 aromatic heterocycles. The largest absolute Gasteiger partial charge is 0.497 e. The number of rotatable bonds is 8. The summed E-state index contributed by atoms with van der Waals surface area (Å²) in [5.41, 5.74) is 5.47. The van der Waals surface area contributed by atoms with Crippen molar-refractivity contribution in [2.45, 2.75) is 13.5 Å². The van der Waals surface area contributed by atoms with E-state index in [2.05, 4.69) is 15.8 Å². The van der Waals surface area contributed by atoms with E-state index in [0.717, 1.165) is 11.1 Å². The van der Waals surface area contributed by atoms with Crippen LogP contribution in [0.4, 0.5) is 5.69 Å². The lowest BCUT2D eigenvalue weighted by Gasteiger charge is -2.11. The second-order valence-electron chi connectivity index (χ2n) is 7.01. The third-order valence-corrected chi connectivity index (χ3v) is 4.75. The van der Waals surface area contributed by atoms with Crippen LogP contribution in [0.2, 0.25) is 0 Å². The van der Waals surface area contributed by atoms with Crippen LogP contribution in [-0.4, -0.2) is 32.2 Å². The number of methoxy groups -OCH3 is 2. The van der Waals surface area contributed by atoms with Gasteiger partial charge < -0.3 is 19.5 Å². The third kappa shape index (κ3) is 6.57. The fourth-order valence-electron chi connectivity index (χ4n) is 2.92. The van der Waals surface area contributed by atoms with Crippen LogP contribution in [0.3, 0.4) is 0 Å². The Balaban J connectivity index is 1.56. The zero-order valence-electron chi connectivity index (χ0n) is 18.6. The van der Waals surface area contributed by atoms with E-state index < -0.39 is 11.8 Å². The number of hydrogen-bond acceptors (Lipinski definition) is 6. The molecule has 2 N–H and O–H groups in total. The smallest absolute Gasteiger partial charge is 0.329 e. The number of nitrogens with one attached hydrogen (secondary N) is 2. The topological polar surface area (TPSA) is 98.2 Å². The average molecular weight is 447 g/mol. The van der Waals surface area contributed by atoms with Gasteiger partial charge in [0.05, 0.1) is 26.1 Å². The standard InChI is InChI=1S/C25H25N3O5/c1-17-7-4-5-9-19(17)16-33-21-10-6-8-18(13-21)15-26-28-25(30)24(29)27-22-14-20(31-2)11-12-23(22)32-3/h4-15H,16H2,1-3H3,(H,27,29)(H,28,30). The number of amides is 2. The van der Waals surface area contributed by atoms with Crippen molar-refractivity contribution in [3.8, 4) is 17.2 Å². The number of aryl methyl sites for hydroxylation is 1. The molecule has 0 spiro atoms. The molecule has 0 bridgehead atoms. The maximum absolute atomic E-state index is 12.2. The van der Waals surface area contributed by atoms with Gasteiger partial charge in [0.25, 0.3) is 0 Å². The Labute approximate surface area is 192 Å². The highest BCUT2D eigenvalue weighted by atomic mass is 16.5. The van der Waals surface area contributed by atoms with Crippen molar-refractivity contribution >= 4 is 23.7 Å². The van der Waals surface area contributed by atoms with Gasteiger partial charge in [-0.1, -0.05) is 36.4 Å². The summed E-state index contributed by atoms with van der Waals surface area (Å²) in [4.78, 5) is 24.3. The monoisotopic (exact) mass is 447 g/mol. The van der Waals surface area contributed by atoms with Crippen LogP contribution in [0.15, 0.2) is 71.8 Å². The molecule has 2 amide bonds. The normalized spacial score (nSPS) is 10.5. The lowest BCUT2D eigenvalue weighted by Crippen LogP contribution is -2.32. The molecule has 0 heterocycles. The van der Waals surface area contributed by atoms with Gasteiger partial charge in [-0.05, 0) is 47.9 Å². The number of nitrogens with zero attached hydrogens (tertiary/aromatic N) is 1. The minimum Gasteiger partial charge on any atom is -0.497 e. The highest BCUT2D eigenvalue weighted by Gasteiger charge is 2.16. The summed E-state index contributed by atoms with van der Waals surface area (Å²) in [5.74, 6) is -0.259. The molecule has 0 unspecified atom stereocenters. The van der Waals surface area contributed by atoms with E-state index in [-0.39, 0.29) is 0 Å². The van der Waals surface area contributed by atoms with E-state index in [9.17, 15) is 9.59 Å². The molecule has 0 fully saturated rings. The third-order valence-electron chi connectivity index (χ3n) is 4.75. The second-order valence-corrected chi connectivity index (χ2v) is 7.01. The molecule has 33 heavy (non-hydrogen) atoms. The predicted molar refractivity (Wildman–Crippen MR) is 126 cm³/mol. The van der Waals surface area contributed by atoms with Crippen molar-refractivity contribution in [1.29, 1.82) is 0 Å². The predicted octanol–water partition coefficient (Wildman–Crippen LogP) is 3.68. The van der Waals surface area contributed by atoms with Crippen LogP contribution in [0.25, 0.3) is 0 Å². The van der Waals surface area contributed by atoms with Gasteiger partial charge in [0, 0.05) is 6.07 Å². The van der Waals surface area contributed by atoms with E-state index >= 15 is 0 Å². The van der Waals surface area contributed by atoms with Crippen molar-refractivity contribution in [3.63, 3.8) is 0 Å². The summed E-state index contributed by atoms with van der Waals surface area (Å²) in [6.07, 6.45) is 1.43. The second kappa shape index (κ2) is 11.3. The van der Waals surface area contributed by atoms with Crippen molar-refractivity contribution < 1.29 is 23.8 Å². The molecule has 0 aliphatic rings. The van der Waals surface area contributed by atoms with Crippen LogP contribution in [-0.2, 0) is 16.2 Å². The molecule has 0 atom stereocenters. The molecule has 0 saturated heterocycles. The molecule has 3 aromatic rings. The first-order valence-electron chi connectivity index (χ1n) is 10.1. The van der Waals surface area contributed by atoms with E-state index in [1.54, 1.807) is 30.3 Å². The van der Waals surface area contributed by atoms with Crippen LogP contribution in [0.5, 0.6) is 17.2 Å². The van der Waals surface area contributed by atoms with E-state index in [4.69, 9.17) is 14.2 Å². The zero-order chi connectivity index (χ0) is 23.6. The SMILES string of the molecule is COc1ccc(OC)c(NC(=O)C(=O)NN=Cc2cccc(OCc3ccccc3C)c2)c1. The number of anilines is 1. The van der Waals surface area contributed by atoms with E-state index in [0.29, 0.717) is 35.1 Å². The van der Waals surface area contributed by atoms with Crippen molar-refractivity contribution in [2.24, 2.45) is 5.10 Å². The minimum atomic E-state index is -0.928. The fraction of sp³-hybridized carbons (Fsp3) is 0.160. The Hall–Kier alpha value is -4.33. The Morgan fingerprint density at radius 3 is 2.48 bits per heavy atom. The molecule has 8 nitrogen and oxygen atoms in total. The zero-order valence-corrected chi connectivity index (χ0v) is 18.6. The fourth-order valence-corrected chi connectivity index (χ4v) is 2.92. The van der Waals surface area contributed by atoms with Gasteiger partial charge in [-0.25, -0.2) is 5.43 Å². The summed E-state index contributed by atoms with van der Waals surface area (Å²) in [6, 6.07) is 20.1. The number of ether oxygens (including phenoxy) is 3. The highest BCUT2D eigenvalue weighted by molar-refractivity contribution is 6.39. The summed E-state index contributed by atoms with van der Waals surface area (Å²) in [5, 5.41) is 6.34. The summed E-state index contributed by atoms with van der Waals surface area (Å²) >= 11 is 0. The Bertz CT molecular complexity index is 1160. The molecular formula is C25H25N3O5. The Morgan fingerprint density at radius 2 is 1.73 bits per heavy atom. The quantitative estimate of drug-likeness (QED) is 0.312. The van der Waals surface area contributed by atoms with Crippen molar-refractivity contribution in [3.05, 3.63) is 83.4 Å². The molecule has 0 saturated carbocycles. The Morgan fingerprint density at radius 1 is 0.909 bits per heavy atom. The van der Waals surface area contributed by atoms with Crippen molar-refractivity contribution in [2.75, 3.05) is 19.5 Å². The van der Waals surface area contributed by atoms with Crippen LogP contribution in [0.1, 0.15) is 16.7 Å². The lowest BCUT2D eigenvalue weighted by atomic mass is 10.1. The maximum Gasteiger partial charge on any atom is 0.329 e. The molecule has 0 aliphatic carbocycles.